The Balaban J connectivity index is 2.15. The van der Waals surface area contributed by atoms with Crippen LogP contribution in [0.3, 0.4) is 0 Å². The highest BCUT2D eigenvalue weighted by molar-refractivity contribution is 7.98. The van der Waals surface area contributed by atoms with Gasteiger partial charge in [0, 0.05) is 5.56 Å². The summed E-state index contributed by atoms with van der Waals surface area (Å²) in [5.74, 6) is -1.45. The lowest BCUT2D eigenvalue weighted by Crippen LogP contribution is -2.41. The average Bonchev–Trinajstić information content (AvgIpc) is 2.99. The smallest absolute Gasteiger partial charge is 0.480 e. The van der Waals surface area contributed by atoms with Gasteiger partial charge in [0.1, 0.15) is 21.7 Å². The number of amides is 1. The van der Waals surface area contributed by atoms with Gasteiger partial charge < -0.3 is 15.2 Å². The average molecular weight is 434 g/mol. The maximum Gasteiger partial charge on any atom is 0.573 e. The van der Waals surface area contributed by atoms with Gasteiger partial charge in [-0.15, -0.1) is 24.5 Å². The molecule has 1 heterocycles. The molecule has 6 nitrogen and oxygen atoms in total. The molecular weight excluding hydrogens is 417 g/mol. The molecule has 1 aromatic heterocycles. The van der Waals surface area contributed by atoms with Gasteiger partial charge in [-0.1, -0.05) is 0 Å². The lowest BCUT2D eigenvalue weighted by molar-refractivity contribution is -0.274. The van der Waals surface area contributed by atoms with E-state index in [9.17, 15) is 27.9 Å². The number of halogens is 3. The molecule has 1 atom stereocenters. The number of carboxylic acids is 1. The number of hydrogen-bond donors (Lipinski definition) is 2. The summed E-state index contributed by atoms with van der Waals surface area (Å²) in [4.78, 5) is 28.2. The number of aromatic nitrogens is 1. The van der Waals surface area contributed by atoms with Gasteiger partial charge in [0.25, 0.3) is 5.91 Å². The molecule has 1 aromatic carbocycles. The molecule has 28 heavy (non-hydrogen) atoms. The molecule has 152 valence electrons. The van der Waals surface area contributed by atoms with Gasteiger partial charge in [0.05, 0.1) is 5.69 Å². The molecule has 0 spiro atoms. The van der Waals surface area contributed by atoms with Gasteiger partial charge in [0.15, 0.2) is 0 Å². The lowest BCUT2D eigenvalue weighted by Gasteiger charge is -2.13. The van der Waals surface area contributed by atoms with Crippen LogP contribution in [0.25, 0.3) is 10.6 Å². The predicted molar refractivity (Wildman–Crippen MR) is 101 cm³/mol. The monoisotopic (exact) mass is 434 g/mol. The first-order valence-electron chi connectivity index (χ1n) is 7.97. The Morgan fingerprint density at radius 1 is 1.32 bits per heavy atom. The predicted octanol–water partition coefficient (Wildman–Crippen LogP) is 3.95. The largest absolute Gasteiger partial charge is 0.573 e. The van der Waals surface area contributed by atoms with Crippen LogP contribution in [0.4, 0.5) is 13.2 Å². The summed E-state index contributed by atoms with van der Waals surface area (Å²) in [7, 11) is 0. The number of carbonyl (C=O) groups is 2. The molecule has 0 aliphatic carbocycles. The minimum absolute atomic E-state index is 0.251. The molecule has 11 heteroatoms. The number of rotatable bonds is 8. The number of thioether (sulfide) groups is 1. The van der Waals surface area contributed by atoms with E-state index in [1.807, 2.05) is 6.26 Å². The van der Waals surface area contributed by atoms with Crippen molar-refractivity contribution in [3.8, 4) is 16.3 Å². The second kappa shape index (κ2) is 9.28. The summed E-state index contributed by atoms with van der Waals surface area (Å²) in [5, 5.41) is 12.1. The lowest BCUT2D eigenvalue weighted by atomic mass is 10.2. The maximum absolute atomic E-state index is 12.4. The van der Waals surface area contributed by atoms with E-state index in [1.54, 1.807) is 6.92 Å². The number of alkyl halides is 3. The molecule has 0 bridgehead atoms. The zero-order valence-corrected chi connectivity index (χ0v) is 16.5. The quantitative estimate of drug-likeness (QED) is 0.654. The Kier molecular flexibility index (Phi) is 7.30. The third-order valence-electron chi connectivity index (χ3n) is 3.55. The maximum atomic E-state index is 12.4. The fourth-order valence-electron chi connectivity index (χ4n) is 2.25. The van der Waals surface area contributed by atoms with Crippen LogP contribution in [0.1, 0.15) is 21.8 Å². The molecule has 0 fully saturated rings. The van der Waals surface area contributed by atoms with Crippen LogP contribution in [-0.2, 0) is 4.79 Å². The highest BCUT2D eigenvalue weighted by Crippen LogP contribution is 2.30. The van der Waals surface area contributed by atoms with Crippen LogP contribution in [-0.4, -0.2) is 46.4 Å². The van der Waals surface area contributed by atoms with Gasteiger partial charge >= 0.3 is 12.3 Å². The number of carbonyl (C=O) groups excluding carboxylic acids is 1. The number of benzene rings is 1. The van der Waals surface area contributed by atoms with Crippen molar-refractivity contribution in [2.75, 3.05) is 12.0 Å². The zero-order chi connectivity index (χ0) is 20.9. The first-order valence-corrected chi connectivity index (χ1v) is 10.2. The molecule has 2 aromatic rings. The Labute approximate surface area is 167 Å². The first kappa shape index (κ1) is 22.0. The molecule has 0 saturated heterocycles. The van der Waals surface area contributed by atoms with E-state index in [0.717, 1.165) is 23.5 Å². The molecular formula is C17H17F3N2O4S2. The molecule has 2 rings (SSSR count). The van der Waals surface area contributed by atoms with Gasteiger partial charge in [-0.05, 0) is 49.6 Å². The third-order valence-corrected chi connectivity index (χ3v) is 5.40. The fraction of sp³-hybridized carbons (Fsp3) is 0.353. The van der Waals surface area contributed by atoms with Crippen molar-refractivity contribution >= 4 is 35.0 Å². The van der Waals surface area contributed by atoms with Crippen molar-refractivity contribution in [3.05, 3.63) is 34.8 Å². The number of aliphatic carboxylic acids is 1. The van der Waals surface area contributed by atoms with Crippen molar-refractivity contribution < 1.29 is 32.6 Å². The number of hydrogen-bond acceptors (Lipinski definition) is 6. The van der Waals surface area contributed by atoms with Crippen molar-refractivity contribution in [1.29, 1.82) is 0 Å². The van der Waals surface area contributed by atoms with E-state index in [-0.39, 0.29) is 17.0 Å². The van der Waals surface area contributed by atoms with Crippen LogP contribution in [0.5, 0.6) is 5.75 Å². The van der Waals surface area contributed by atoms with Crippen molar-refractivity contribution in [1.82, 2.24) is 10.3 Å². The van der Waals surface area contributed by atoms with Crippen LogP contribution >= 0.6 is 23.1 Å². The summed E-state index contributed by atoms with van der Waals surface area (Å²) in [6.07, 6.45) is -2.65. The van der Waals surface area contributed by atoms with E-state index in [2.05, 4.69) is 15.0 Å². The van der Waals surface area contributed by atoms with Crippen molar-refractivity contribution in [2.24, 2.45) is 0 Å². The molecule has 0 aliphatic heterocycles. The van der Waals surface area contributed by atoms with Crippen LogP contribution < -0.4 is 10.1 Å². The summed E-state index contributed by atoms with van der Waals surface area (Å²) < 4.78 is 40.5. The molecule has 0 aliphatic rings. The topological polar surface area (TPSA) is 88.5 Å². The summed E-state index contributed by atoms with van der Waals surface area (Å²) in [6, 6.07) is 4.10. The number of nitrogens with one attached hydrogen (secondary N) is 1. The standard InChI is InChI=1S/C17H17F3N2O4S2/c1-9-13(14(23)22-12(16(24)25)7-8-27-2)28-15(21-9)10-3-5-11(6-4-10)26-17(18,19)20/h3-6,12H,7-8H2,1-2H3,(H,22,23)(H,24,25)/t12-/m1/s1. The van der Waals surface area contributed by atoms with Crippen LogP contribution in [0, 0.1) is 6.92 Å². The van der Waals surface area contributed by atoms with Gasteiger partial charge in [-0.3, -0.25) is 4.79 Å². The zero-order valence-electron chi connectivity index (χ0n) is 14.9. The minimum atomic E-state index is -4.78. The fourth-order valence-corrected chi connectivity index (χ4v) is 3.69. The van der Waals surface area contributed by atoms with E-state index >= 15 is 0 Å². The van der Waals surface area contributed by atoms with Crippen LogP contribution in [0.2, 0.25) is 0 Å². The Morgan fingerprint density at radius 3 is 2.50 bits per heavy atom. The normalized spacial score (nSPS) is 12.5. The summed E-state index contributed by atoms with van der Waals surface area (Å²) in [5.41, 5.74) is 0.918. The second-order valence-corrected chi connectivity index (χ2v) is 7.64. The Bertz CT molecular complexity index is 838. The number of ether oxygens (including phenoxy) is 1. The van der Waals surface area contributed by atoms with E-state index in [4.69, 9.17) is 0 Å². The number of thiazole rings is 1. The van der Waals surface area contributed by atoms with E-state index in [0.29, 0.717) is 22.0 Å². The third kappa shape index (κ3) is 6.13. The Hall–Kier alpha value is -2.27. The first-order chi connectivity index (χ1) is 13.1. The van der Waals surface area contributed by atoms with Gasteiger partial charge in [-0.2, -0.15) is 11.8 Å². The number of carboxylic acid groups (broad SMARTS) is 1. The summed E-state index contributed by atoms with van der Waals surface area (Å²) in [6.45, 7) is 1.60. The van der Waals surface area contributed by atoms with Crippen molar-refractivity contribution in [2.45, 2.75) is 25.7 Å². The highest BCUT2D eigenvalue weighted by Gasteiger charge is 2.31. The molecule has 0 radical (unpaired) electrons. The second-order valence-electron chi connectivity index (χ2n) is 5.65. The van der Waals surface area contributed by atoms with Gasteiger partial charge in [0.2, 0.25) is 0 Å². The molecule has 2 N–H and O–H groups in total. The van der Waals surface area contributed by atoms with Crippen molar-refractivity contribution in [3.63, 3.8) is 0 Å². The van der Waals surface area contributed by atoms with E-state index < -0.39 is 24.3 Å². The Morgan fingerprint density at radius 2 is 1.96 bits per heavy atom. The SMILES string of the molecule is CSCC[C@@H](NC(=O)c1sc(-c2ccc(OC(F)(F)F)cc2)nc1C)C(=O)O. The molecule has 0 unspecified atom stereocenters. The number of nitrogens with zero attached hydrogens (tertiary/aromatic N) is 1. The molecule has 0 saturated carbocycles. The highest BCUT2D eigenvalue weighted by atomic mass is 32.2. The number of aryl methyl sites for hydroxylation is 1. The van der Waals surface area contributed by atoms with Gasteiger partial charge in [-0.25, -0.2) is 9.78 Å². The minimum Gasteiger partial charge on any atom is -0.480 e. The summed E-state index contributed by atoms with van der Waals surface area (Å²) >= 11 is 2.51. The molecule has 1 amide bonds. The van der Waals surface area contributed by atoms with Crippen LogP contribution in [0.15, 0.2) is 24.3 Å². The van der Waals surface area contributed by atoms with E-state index in [1.165, 1.54) is 23.9 Å².